The Morgan fingerprint density at radius 1 is 1.05 bits per heavy atom. The number of imidazole rings is 1. The van der Waals surface area contributed by atoms with E-state index in [1.165, 1.54) is 0 Å². The quantitative estimate of drug-likeness (QED) is 0.650. The molecule has 0 spiro atoms. The lowest BCUT2D eigenvalue weighted by Crippen LogP contribution is -1.86. The minimum atomic E-state index is 0.245. The van der Waals surface area contributed by atoms with Crippen LogP contribution in [0.4, 0.5) is 0 Å². The van der Waals surface area contributed by atoms with Crippen LogP contribution in [0.15, 0.2) is 24.3 Å². The summed E-state index contributed by atoms with van der Waals surface area (Å²) in [7, 11) is 0. The summed E-state index contributed by atoms with van der Waals surface area (Å²) in [5.74, 6) is 0.695. The van der Waals surface area contributed by atoms with Crippen molar-refractivity contribution in [2.24, 2.45) is 0 Å². The van der Waals surface area contributed by atoms with Gasteiger partial charge in [-0.1, -0.05) is 46.9 Å². The van der Waals surface area contributed by atoms with E-state index in [1.54, 1.807) is 6.07 Å². The first-order chi connectivity index (χ1) is 9.06. The highest BCUT2D eigenvalue weighted by Gasteiger charge is 2.12. The minimum absolute atomic E-state index is 0.245. The Kier molecular flexibility index (Phi) is 3.13. The van der Waals surface area contributed by atoms with E-state index in [0.717, 1.165) is 16.6 Å². The van der Waals surface area contributed by atoms with Crippen LogP contribution in [0, 0.1) is 6.92 Å². The highest BCUT2D eigenvalue weighted by Crippen LogP contribution is 2.29. The van der Waals surface area contributed by atoms with E-state index in [0.29, 0.717) is 21.5 Å². The van der Waals surface area contributed by atoms with Crippen LogP contribution in [-0.2, 0) is 0 Å². The Hall–Kier alpha value is -1.29. The zero-order valence-corrected chi connectivity index (χ0v) is 12.1. The van der Waals surface area contributed by atoms with Crippen LogP contribution in [0.25, 0.3) is 22.6 Å². The van der Waals surface area contributed by atoms with Gasteiger partial charge in [-0.25, -0.2) is 9.97 Å². The summed E-state index contributed by atoms with van der Waals surface area (Å²) in [5.41, 5.74) is 3.16. The lowest BCUT2D eigenvalue weighted by atomic mass is 10.1. The van der Waals surface area contributed by atoms with Gasteiger partial charge in [-0.15, -0.1) is 0 Å². The maximum absolute atomic E-state index is 6.11. The van der Waals surface area contributed by atoms with Crippen molar-refractivity contribution in [2.75, 3.05) is 0 Å². The normalized spacial score (nSPS) is 11.2. The first-order valence-corrected chi connectivity index (χ1v) is 6.67. The third-order valence-electron chi connectivity index (χ3n) is 2.91. The fourth-order valence-corrected chi connectivity index (χ4v) is 2.35. The van der Waals surface area contributed by atoms with Crippen molar-refractivity contribution in [3.05, 3.63) is 45.0 Å². The second-order valence-electron chi connectivity index (χ2n) is 4.13. The fraction of sp³-hybridized carbons (Fsp3) is 0.0769. The number of pyridine rings is 1. The van der Waals surface area contributed by atoms with Gasteiger partial charge in [0.25, 0.3) is 0 Å². The van der Waals surface area contributed by atoms with Crippen molar-refractivity contribution < 1.29 is 0 Å². The van der Waals surface area contributed by atoms with Gasteiger partial charge in [0.2, 0.25) is 0 Å². The average Bonchev–Trinajstić information content (AvgIpc) is 2.76. The van der Waals surface area contributed by atoms with Crippen molar-refractivity contribution in [2.45, 2.75) is 6.92 Å². The molecule has 96 valence electrons. The summed E-state index contributed by atoms with van der Waals surface area (Å²) >= 11 is 17.9. The predicted octanol–water partition coefficient (Wildman–Crippen LogP) is 4.89. The zero-order chi connectivity index (χ0) is 13.6. The Morgan fingerprint density at radius 2 is 1.84 bits per heavy atom. The molecule has 3 rings (SSSR count). The number of halogens is 3. The lowest BCUT2D eigenvalue weighted by Gasteiger charge is -2.03. The molecule has 1 aromatic carbocycles. The van der Waals surface area contributed by atoms with Crippen LogP contribution in [0.3, 0.4) is 0 Å². The van der Waals surface area contributed by atoms with Gasteiger partial charge in [-0.05, 0) is 24.6 Å². The first-order valence-electron chi connectivity index (χ1n) is 5.53. The molecule has 2 aromatic heterocycles. The Balaban J connectivity index is 2.23. The van der Waals surface area contributed by atoms with Gasteiger partial charge in [0.05, 0.1) is 10.5 Å². The average molecular weight is 313 g/mol. The molecule has 0 bridgehead atoms. The number of aromatic amines is 1. The number of hydrogen-bond donors (Lipinski definition) is 1. The van der Waals surface area contributed by atoms with Crippen LogP contribution in [0.2, 0.25) is 15.2 Å². The molecule has 0 radical (unpaired) electrons. The molecule has 0 unspecified atom stereocenters. The van der Waals surface area contributed by atoms with E-state index >= 15 is 0 Å². The van der Waals surface area contributed by atoms with Gasteiger partial charge in [0.15, 0.2) is 5.65 Å². The molecule has 2 heterocycles. The molecule has 0 aliphatic rings. The number of H-pyrrole nitrogens is 1. The number of rotatable bonds is 1. The highest BCUT2D eigenvalue weighted by molar-refractivity contribution is 6.41. The third-order valence-corrected chi connectivity index (χ3v) is 3.99. The van der Waals surface area contributed by atoms with Crippen molar-refractivity contribution in [3.63, 3.8) is 0 Å². The van der Waals surface area contributed by atoms with Gasteiger partial charge in [0.1, 0.15) is 11.0 Å². The van der Waals surface area contributed by atoms with Gasteiger partial charge in [-0.2, -0.15) is 0 Å². The van der Waals surface area contributed by atoms with Crippen LogP contribution in [0.1, 0.15) is 5.56 Å². The monoisotopic (exact) mass is 311 g/mol. The van der Waals surface area contributed by atoms with Crippen LogP contribution >= 0.6 is 34.8 Å². The number of fused-ring (bicyclic) bond motifs is 1. The number of benzene rings is 1. The molecule has 0 amide bonds. The molecular formula is C13H8Cl3N3. The van der Waals surface area contributed by atoms with E-state index in [9.17, 15) is 0 Å². The topological polar surface area (TPSA) is 41.6 Å². The molecule has 0 atom stereocenters. The van der Waals surface area contributed by atoms with E-state index in [4.69, 9.17) is 34.8 Å². The van der Waals surface area contributed by atoms with E-state index < -0.39 is 0 Å². The summed E-state index contributed by atoms with van der Waals surface area (Å²) in [6, 6.07) is 7.38. The minimum Gasteiger partial charge on any atom is -0.337 e. The largest absolute Gasteiger partial charge is 0.337 e. The second-order valence-corrected chi connectivity index (χ2v) is 5.30. The SMILES string of the molecule is Cc1c(Cl)cccc1-c1nc2nc(Cl)c(Cl)cc2[nH]1. The number of aromatic nitrogens is 3. The molecule has 3 aromatic rings. The maximum atomic E-state index is 6.11. The van der Waals surface area contributed by atoms with Crippen LogP contribution in [0.5, 0.6) is 0 Å². The molecule has 0 aliphatic carbocycles. The van der Waals surface area contributed by atoms with Gasteiger partial charge in [0, 0.05) is 10.6 Å². The summed E-state index contributed by atoms with van der Waals surface area (Å²) in [6.45, 7) is 1.94. The van der Waals surface area contributed by atoms with Crippen molar-refractivity contribution >= 4 is 46.0 Å². The Bertz CT molecular complexity index is 741. The van der Waals surface area contributed by atoms with Crippen molar-refractivity contribution in [1.82, 2.24) is 15.0 Å². The Morgan fingerprint density at radius 3 is 2.63 bits per heavy atom. The summed E-state index contributed by atoms with van der Waals surface area (Å²) < 4.78 is 0. The molecule has 0 saturated heterocycles. The number of nitrogens with one attached hydrogen (secondary N) is 1. The van der Waals surface area contributed by atoms with Gasteiger partial charge >= 0.3 is 0 Å². The fourth-order valence-electron chi connectivity index (χ4n) is 1.89. The predicted molar refractivity (Wildman–Crippen MR) is 79.1 cm³/mol. The maximum Gasteiger partial charge on any atom is 0.179 e. The molecule has 19 heavy (non-hydrogen) atoms. The zero-order valence-electron chi connectivity index (χ0n) is 9.84. The van der Waals surface area contributed by atoms with E-state index in [-0.39, 0.29) is 5.15 Å². The van der Waals surface area contributed by atoms with Gasteiger partial charge < -0.3 is 4.98 Å². The second kappa shape index (κ2) is 4.67. The first kappa shape index (κ1) is 12.7. The van der Waals surface area contributed by atoms with Crippen molar-refractivity contribution in [1.29, 1.82) is 0 Å². The number of hydrogen-bond acceptors (Lipinski definition) is 2. The molecule has 3 nitrogen and oxygen atoms in total. The van der Waals surface area contributed by atoms with Crippen molar-refractivity contribution in [3.8, 4) is 11.4 Å². The summed E-state index contributed by atoms with van der Waals surface area (Å²) in [6.07, 6.45) is 0. The van der Waals surface area contributed by atoms with Crippen LogP contribution in [-0.4, -0.2) is 15.0 Å². The van der Waals surface area contributed by atoms with E-state index in [1.807, 2.05) is 25.1 Å². The lowest BCUT2D eigenvalue weighted by molar-refractivity contribution is 1.28. The standard InChI is InChI=1S/C13H8Cl3N3/c1-6-7(3-2-4-8(6)14)12-17-10-5-9(15)11(16)18-13(10)19-12/h2-5H,1H3,(H,17,18,19). The molecule has 0 saturated carbocycles. The summed E-state index contributed by atoms with van der Waals surface area (Å²) in [4.78, 5) is 11.7. The van der Waals surface area contributed by atoms with Gasteiger partial charge in [-0.3, -0.25) is 0 Å². The molecule has 0 fully saturated rings. The number of nitrogens with zero attached hydrogens (tertiary/aromatic N) is 2. The third kappa shape index (κ3) is 2.18. The molecule has 0 aliphatic heterocycles. The smallest absolute Gasteiger partial charge is 0.179 e. The summed E-state index contributed by atoms with van der Waals surface area (Å²) in [5, 5.41) is 1.34. The van der Waals surface area contributed by atoms with E-state index in [2.05, 4.69) is 15.0 Å². The molecule has 1 N–H and O–H groups in total. The highest BCUT2D eigenvalue weighted by atomic mass is 35.5. The van der Waals surface area contributed by atoms with Crippen LogP contribution < -0.4 is 0 Å². The molecular weight excluding hydrogens is 305 g/mol. The molecule has 6 heteroatoms. The Labute approximate surface area is 124 Å².